The second-order valence-electron chi connectivity index (χ2n) is 7.55. The highest BCUT2D eigenvalue weighted by molar-refractivity contribution is 7.99. The Balaban J connectivity index is 1.80. The molecule has 1 aliphatic heterocycles. The van der Waals surface area contributed by atoms with Gasteiger partial charge in [0.05, 0.1) is 24.7 Å². The molecular formula is C19H29N3O3S2. The van der Waals surface area contributed by atoms with Crippen molar-refractivity contribution in [3.63, 3.8) is 0 Å². The highest BCUT2D eigenvalue weighted by Gasteiger charge is 2.20. The van der Waals surface area contributed by atoms with Crippen LogP contribution in [0.2, 0.25) is 0 Å². The molecule has 1 atom stereocenters. The molecule has 8 heteroatoms. The van der Waals surface area contributed by atoms with Crippen LogP contribution in [0.15, 0.2) is 9.95 Å². The summed E-state index contributed by atoms with van der Waals surface area (Å²) in [4.78, 5) is 22.1. The smallest absolute Gasteiger partial charge is 0.263 e. The Labute approximate surface area is 168 Å². The first-order valence-corrected chi connectivity index (χ1v) is 11.3. The molecule has 1 aliphatic rings. The van der Waals surface area contributed by atoms with Gasteiger partial charge in [-0.3, -0.25) is 14.3 Å². The topological polar surface area (TPSA) is 67.6 Å². The largest absolute Gasteiger partial charge is 0.391 e. The second kappa shape index (κ2) is 9.05. The average molecular weight is 412 g/mol. The zero-order valence-electron chi connectivity index (χ0n) is 16.5. The highest BCUT2D eigenvalue weighted by Crippen LogP contribution is 2.29. The number of aliphatic hydroxyl groups excluding tert-OH is 1. The average Bonchev–Trinajstić information content (AvgIpc) is 2.91. The Morgan fingerprint density at radius 1 is 1.26 bits per heavy atom. The number of ether oxygens (including phenoxy) is 1. The Hall–Kier alpha value is -0.930. The van der Waals surface area contributed by atoms with Gasteiger partial charge in [0.15, 0.2) is 5.16 Å². The van der Waals surface area contributed by atoms with E-state index in [9.17, 15) is 9.90 Å². The summed E-state index contributed by atoms with van der Waals surface area (Å²) >= 11 is 3.06. The second-order valence-corrected chi connectivity index (χ2v) is 9.74. The van der Waals surface area contributed by atoms with Crippen LogP contribution in [0.3, 0.4) is 0 Å². The Morgan fingerprint density at radius 2 is 1.96 bits per heavy atom. The SMILES string of the molecule is Cc1sc2nc(SC[C@H](O)CN3CCOCC3)n(CC(C)C)c(=O)c2c1C. The molecule has 150 valence electrons. The number of thioether (sulfide) groups is 1. The van der Waals surface area contributed by atoms with Crippen molar-refractivity contribution in [3.05, 3.63) is 20.8 Å². The lowest BCUT2D eigenvalue weighted by Gasteiger charge is -2.28. The summed E-state index contributed by atoms with van der Waals surface area (Å²) in [6.07, 6.45) is -0.458. The first-order valence-electron chi connectivity index (χ1n) is 9.48. The van der Waals surface area contributed by atoms with Crippen molar-refractivity contribution in [1.82, 2.24) is 14.5 Å². The standard InChI is InChI=1S/C19H29N3O3S2/c1-12(2)9-22-18(24)16-13(3)14(4)27-17(16)20-19(22)26-11-15(23)10-21-5-7-25-8-6-21/h12,15,23H,5-11H2,1-4H3/t15-/m1/s1. The fourth-order valence-electron chi connectivity index (χ4n) is 3.25. The van der Waals surface area contributed by atoms with Gasteiger partial charge < -0.3 is 9.84 Å². The van der Waals surface area contributed by atoms with Crippen LogP contribution in [0.5, 0.6) is 0 Å². The van der Waals surface area contributed by atoms with E-state index in [1.807, 2.05) is 13.8 Å². The molecule has 0 aromatic carbocycles. The third-order valence-electron chi connectivity index (χ3n) is 4.78. The van der Waals surface area contributed by atoms with Crippen LogP contribution < -0.4 is 5.56 Å². The third-order valence-corrected chi connectivity index (χ3v) is 7.00. The molecule has 27 heavy (non-hydrogen) atoms. The van der Waals surface area contributed by atoms with Crippen molar-refractivity contribution in [2.24, 2.45) is 5.92 Å². The molecule has 1 N–H and O–H groups in total. The first-order chi connectivity index (χ1) is 12.9. The van der Waals surface area contributed by atoms with Crippen LogP contribution in [0.1, 0.15) is 24.3 Å². The molecule has 0 radical (unpaired) electrons. The molecule has 6 nitrogen and oxygen atoms in total. The van der Waals surface area contributed by atoms with Crippen LogP contribution in [-0.2, 0) is 11.3 Å². The maximum absolute atomic E-state index is 13.1. The predicted octanol–water partition coefficient (Wildman–Crippen LogP) is 2.52. The molecule has 0 amide bonds. The molecule has 1 fully saturated rings. The van der Waals surface area contributed by atoms with Crippen LogP contribution >= 0.6 is 23.1 Å². The summed E-state index contributed by atoms with van der Waals surface area (Å²) in [6.45, 7) is 12.7. The minimum Gasteiger partial charge on any atom is -0.391 e. The van der Waals surface area contributed by atoms with Crippen molar-refractivity contribution >= 4 is 33.3 Å². The summed E-state index contributed by atoms with van der Waals surface area (Å²) < 4.78 is 7.14. The molecule has 0 saturated carbocycles. The van der Waals surface area contributed by atoms with Gasteiger partial charge in [-0.05, 0) is 25.3 Å². The van der Waals surface area contributed by atoms with Gasteiger partial charge in [0.2, 0.25) is 0 Å². The van der Waals surface area contributed by atoms with Crippen molar-refractivity contribution in [2.45, 2.75) is 45.5 Å². The molecular weight excluding hydrogens is 382 g/mol. The Bertz CT molecular complexity index is 841. The van der Waals surface area contributed by atoms with Gasteiger partial charge in [-0.1, -0.05) is 25.6 Å². The number of nitrogens with zero attached hydrogens (tertiary/aromatic N) is 3. The van der Waals surface area contributed by atoms with Crippen molar-refractivity contribution < 1.29 is 9.84 Å². The van der Waals surface area contributed by atoms with Gasteiger partial charge in [0.25, 0.3) is 5.56 Å². The lowest BCUT2D eigenvalue weighted by atomic mass is 10.2. The Morgan fingerprint density at radius 3 is 2.63 bits per heavy atom. The van der Waals surface area contributed by atoms with Gasteiger partial charge >= 0.3 is 0 Å². The lowest BCUT2D eigenvalue weighted by Crippen LogP contribution is -2.41. The van der Waals surface area contributed by atoms with Crippen molar-refractivity contribution in [1.29, 1.82) is 0 Å². The molecule has 0 unspecified atom stereocenters. The zero-order chi connectivity index (χ0) is 19.6. The number of aryl methyl sites for hydroxylation is 2. The van der Waals surface area contributed by atoms with E-state index in [4.69, 9.17) is 9.72 Å². The maximum Gasteiger partial charge on any atom is 0.263 e. The number of morpholine rings is 1. The van der Waals surface area contributed by atoms with E-state index in [1.54, 1.807) is 15.9 Å². The minimum atomic E-state index is -0.458. The number of aromatic nitrogens is 2. The molecule has 3 rings (SSSR count). The van der Waals surface area contributed by atoms with E-state index in [2.05, 4.69) is 18.7 Å². The van der Waals surface area contributed by atoms with Gasteiger partial charge in [-0.25, -0.2) is 4.98 Å². The van der Waals surface area contributed by atoms with Gasteiger partial charge in [0.1, 0.15) is 4.83 Å². The van der Waals surface area contributed by atoms with E-state index in [1.165, 1.54) is 11.8 Å². The molecule has 2 aromatic rings. The fourth-order valence-corrected chi connectivity index (χ4v) is 5.24. The molecule has 0 spiro atoms. The number of fused-ring (bicyclic) bond motifs is 1. The van der Waals surface area contributed by atoms with Gasteiger partial charge in [-0.15, -0.1) is 11.3 Å². The van der Waals surface area contributed by atoms with E-state index in [0.717, 1.165) is 47.0 Å². The molecule has 1 saturated heterocycles. The molecule has 0 aliphatic carbocycles. The number of β-amino-alcohol motifs (C(OH)–C–C–N with tert-alkyl or cyclic N) is 1. The van der Waals surface area contributed by atoms with Crippen LogP contribution in [-0.4, -0.2) is 64.3 Å². The number of thiophene rings is 1. The predicted molar refractivity (Wildman–Crippen MR) is 112 cm³/mol. The summed E-state index contributed by atoms with van der Waals surface area (Å²) in [5.41, 5.74) is 1.08. The molecule has 2 aromatic heterocycles. The van der Waals surface area contributed by atoms with Crippen LogP contribution in [0.25, 0.3) is 10.2 Å². The molecule has 3 heterocycles. The number of hydrogen-bond acceptors (Lipinski definition) is 7. The van der Waals surface area contributed by atoms with Crippen molar-refractivity contribution in [2.75, 3.05) is 38.6 Å². The van der Waals surface area contributed by atoms with Crippen molar-refractivity contribution in [3.8, 4) is 0 Å². The quantitative estimate of drug-likeness (QED) is 0.558. The summed E-state index contributed by atoms with van der Waals surface area (Å²) in [7, 11) is 0. The van der Waals surface area contributed by atoms with E-state index in [0.29, 0.717) is 29.9 Å². The lowest BCUT2D eigenvalue weighted by molar-refractivity contribution is 0.0188. The normalized spacial score (nSPS) is 17.1. The Kier molecular flexibility index (Phi) is 6.97. The van der Waals surface area contributed by atoms with Crippen LogP contribution in [0.4, 0.5) is 0 Å². The minimum absolute atomic E-state index is 0.0423. The van der Waals surface area contributed by atoms with E-state index < -0.39 is 6.10 Å². The zero-order valence-corrected chi connectivity index (χ0v) is 18.2. The third kappa shape index (κ3) is 4.92. The first kappa shape index (κ1) is 20.8. The summed E-state index contributed by atoms with van der Waals surface area (Å²) in [5, 5.41) is 11.9. The molecule has 0 bridgehead atoms. The number of hydrogen-bond donors (Lipinski definition) is 1. The van der Waals surface area contributed by atoms with Gasteiger partial charge in [-0.2, -0.15) is 0 Å². The summed E-state index contributed by atoms with van der Waals surface area (Å²) in [6, 6.07) is 0. The van der Waals surface area contributed by atoms with Gasteiger partial charge in [0, 0.05) is 36.8 Å². The van der Waals surface area contributed by atoms with E-state index in [-0.39, 0.29) is 5.56 Å². The fraction of sp³-hybridized carbons (Fsp3) is 0.684. The number of rotatable bonds is 7. The maximum atomic E-state index is 13.1. The van der Waals surface area contributed by atoms with Crippen LogP contribution in [0, 0.1) is 19.8 Å². The summed E-state index contributed by atoms with van der Waals surface area (Å²) in [5.74, 6) is 0.871. The monoisotopic (exact) mass is 411 g/mol. The highest BCUT2D eigenvalue weighted by atomic mass is 32.2. The van der Waals surface area contributed by atoms with E-state index >= 15 is 0 Å². The number of aliphatic hydroxyl groups is 1.